The number of esters is 1. The molecule has 2 unspecified atom stereocenters. The molecule has 8 heteroatoms. The fourth-order valence-corrected chi connectivity index (χ4v) is 4.40. The highest BCUT2D eigenvalue weighted by Crippen LogP contribution is 2.51. The van der Waals surface area contributed by atoms with Crippen molar-refractivity contribution in [1.82, 2.24) is 0 Å². The van der Waals surface area contributed by atoms with E-state index in [-0.39, 0.29) is 52.9 Å². The zero-order valence-electron chi connectivity index (χ0n) is 17.6. The van der Waals surface area contributed by atoms with Crippen molar-refractivity contribution in [1.29, 1.82) is 0 Å². The predicted octanol–water partition coefficient (Wildman–Crippen LogP) is 3.96. The molecule has 2 atom stereocenters. The number of hydrogen-bond acceptors (Lipinski definition) is 8. The highest BCUT2D eigenvalue weighted by molar-refractivity contribution is 6.03. The van der Waals surface area contributed by atoms with E-state index in [0.29, 0.717) is 22.4 Å². The van der Waals surface area contributed by atoms with E-state index in [9.17, 15) is 24.9 Å². The second-order valence-corrected chi connectivity index (χ2v) is 8.00. The minimum absolute atomic E-state index is 0.0209. The summed E-state index contributed by atoms with van der Waals surface area (Å²) in [6, 6.07) is 12.5. The number of carbonyl (C=O) groups is 2. The van der Waals surface area contributed by atoms with Crippen LogP contribution in [-0.4, -0.2) is 34.2 Å². The summed E-state index contributed by atoms with van der Waals surface area (Å²) in [6.45, 7) is 0. The highest BCUT2D eigenvalue weighted by Gasteiger charge is 2.38. The van der Waals surface area contributed by atoms with Crippen molar-refractivity contribution in [2.45, 2.75) is 24.9 Å². The molecule has 2 aliphatic rings. The molecule has 2 aliphatic heterocycles. The van der Waals surface area contributed by atoms with Gasteiger partial charge in [0.2, 0.25) is 0 Å². The van der Waals surface area contributed by atoms with Crippen molar-refractivity contribution >= 4 is 11.8 Å². The molecule has 0 amide bonds. The van der Waals surface area contributed by atoms with Crippen LogP contribution in [0.4, 0.5) is 0 Å². The molecule has 0 saturated carbocycles. The van der Waals surface area contributed by atoms with Crippen LogP contribution in [-0.2, 0) is 4.79 Å². The zero-order valence-corrected chi connectivity index (χ0v) is 17.6. The molecule has 33 heavy (non-hydrogen) atoms. The van der Waals surface area contributed by atoms with Crippen LogP contribution in [0.5, 0.6) is 34.5 Å². The van der Waals surface area contributed by atoms with Gasteiger partial charge in [0.15, 0.2) is 17.3 Å². The van der Waals surface area contributed by atoms with Crippen molar-refractivity contribution < 1.29 is 39.1 Å². The minimum Gasteiger partial charge on any atom is -0.508 e. The molecule has 0 radical (unpaired) electrons. The van der Waals surface area contributed by atoms with Gasteiger partial charge in [-0.2, -0.15) is 0 Å². The molecular formula is C25H20O8. The Hall–Kier alpha value is -4.20. The van der Waals surface area contributed by atoms with Crippen molar-refractivity contribution in [2.75, 3.05) is 7.11 Å². The van der Waals surface area contributed by atoms with Gasteiger partial charge in [0.05, 0.1) is 20.0 Å². The third kappa shape index (κ3) is 3.49. The minimum atomic E-state index is -0.702. The van der Waals surface area contributed by atoms with Crippen molar-refractivity contribution in [3.05, 3.63) is 70.8 Å². The van der Waals surface area contributed by atoms with Crippen LogP contribution >= 0.6 is 0 Å². The Balaban J connectivity index is 1.57. The number of rotatable bonds is 3. The Bertz CT molecular complexity index is 1280. The van der Waals surface area contributed by atoms with E-state index in [1.165, 1.54) is 31.4 Å². The Labute approximate surface area is 188 Å². The zero-order chi connectivity index (χ0) is 23.3. The van der Waals surface area contributed by atoms with Crippen LogP contribution in [0.2, 0.25) is 0 Å². The van der Waals surface area contributed by atoms with E-state index in [4.69, 9.17) is 14.2 Å². The van der Waals surface area contributed by atoms with E-state index in [1.807, 2.05) is 0 Å². The van der Waals surface area contributed by atoms with Gasteiger partial charge < -0.3 is 29.5 Å². The Morgan fingerprint density at radius 2 is 1.64 bits per heavy atom. The molecule has 5 rings (SSSR count). The van der Waals surface area contributed by atoms with Crippen LogP contribution in [0.3, 0.4) is 0 Å². The maximum atomic E-state index is 13.1. The van der Waals surface area contributed by atoms with Crippen LogP contribution < -0.4 is 14.2 Å². The number of Topliss-reactive ketones (excluding diaryl/α,β-unsaturated/α-hetero) is 1. The fraction of sp³-hybridized carbons (Fsp3) is 0.200. The van der Waals surface area contributed by atoms with Crippen LogP contribution in [0.1, 0.15) is 51.9 Å². The van der Waals surface area contributed by atoms with E-state index in [0.717, 1.165) is 0 Å². The maximum absolute atomic E-state index is 13.1. The predicted molar refractivity (Wildman–Crippen MR) is 115 cm³/mol. The van der Waals surface area contributed by atoms with Gasteiger partial charge in [-0.1, -0.05) is 18.2 Å². The lowest BCUT2D eigenvalue weighted by Gasteiger charge is -2.31. The molecule has 168 valence electrons. The fourth-order valence-electron chi connectivity index (χ4n) is 4.40. The van der Waals surface area contributed by atoms with Gasteiger partial charge in [-0.15, -0.1) is 0 Å². The molecule has 0 aliphatic carbocycles. The SMILES string of the molecule is COc1ccc(C2CC(=O)c3c(cc4c(c3O)C(c3ccc(O)cc3)CC(=O)O4)O2)cc1O. The lowest BCUT2D eigenvalue weighted by molar-refractivity contribution is -0.135. The summed E-state index contributed by atoms with van der Waals surface area (Å²) in [6.07, 6.45) is -0.770. The number of fused-ring (bicyclic) bond motifs is 2. The molecule has 3 aromatic rings. The summed E-state index contributed by atoms with van der Waals surface area (Å²) < 4.78 is 16.4. The Morgan fingerprint density at radius 1 is 0.909 bits per heavy atom. The maximum Gasteiger partial charge on any atom is 0.312 e. The van der Waals surface area contributed by atoms with Crippen LogP contribution in [0.25, 0.3) is 0 Å². The first-order valence-electron chi connectivity index (χ1n) is 10.3. The van der Waals surface area contributed by atoms with E-state index >= 15 is 0 Å². The molecular weight excluding hydrogens is 428 g/mol. The molecule has 2 heterocycles. The number of hydrogen-bond donors (Lipinski definition) is 3. The number of ketones is 1. The molecule has 0 aromatic heterocycles. The number of phenols is 3. The van der Waals surface area contributed by atoms with Crippen LogP contribution in [0.15, 0.2) is 48.5 Å². The third-order valence-electron chi connectivity index (χ3n) is 6.00. The topological polar surface area (TPSA) is 123 Å². The molecule has 8 nitrogen and oxygen atoms in total. The van der Waals surface area contributed by atoms with E-state index in [1.54, 1.807) is 24.3 Å². The first-order chi connectivity index (χ1) is 15.9. The number of ether oxygens (including phenoxy) is 3. The number of methoxy groups -OCH3 is 1. The molecule has 3 N–H and O–H groups in total. The highest BCUT2D eigenvalue weighted by atomic mass is 16.5. The third-order valence-corrected chi connectivity index (χ3v) is 6.00. The molecule has 3 aromatic carbocycles. The van der Waals surface area contributed by atoms with Gasteiger partial charge in [0, 0.05) is 17.5 Å². The van der Waals surface area contributed by atoms with Gasteiger partial charge in [0.25, 0.3) is 0 Å². The number of aromatic hydroxyl groups is 3. The van der Waals surface area contributed by atoms with E-state index < -0.39 is 18.0 Å². The summed E-state index contributed by atoms with van der Waals surface area (Å²) in [5, 5.41) is 30.8. The number of benzene rings is 3. The molecule has 0 fully saturated rings. The number of carbonyl (C=O) groups excluding carboxylic acids is 2. The quantitative estimate of drug-likeness (QED) is 0.407. The summed E-state index contributed by atoms with van der Waals surface area (Å²) in [5.41, 5.74) is 1.61. The van der Waals surface area contributed by atoms with Crippen LogP contribution in [0, 0.1) is 0 Å². The normalized spacial score (nSPS) is 19.2. The van der Waals surface area contributed by atoms with Crippen molar-refractivity contribution in [2.24, 2.45) is 0 Å². The van der Waals surface area contributed by atoms with Gasteiger partial charge in [-0.25, -0.2) is 0 Å². The average Bonchev–Trinajstić information content (AvgIpc) is 2.78. The van der Waals surface area contributed by atoms with Crippen molar-refractivity contribution in [3.63, 3.8) is 0 Å². The van der Waals surface area contributed by atoms with Gasteiger partial charge in [0.1, 0.15) is 34.7 Å². The smallest absolute Gasteiger partial charge is 0.312 e. The number of phenolic OH excluding ortho intramolecular Hbond substituents is 3. The summed E-state index contributed by atoms with van der Waals surface area (Å²) in [5.74, 6) is -1.15. The molecule has 0 bridgehead atoms. The first-order valence-corrected chi connectivity index (χ1v) is 10.3. The second-order valence-electron chi connectivity index (χ2n) is 8.00. The lowest BCUT2D eigenvalue weighted by Crippen LogP contribution is -2.25. The Morgan fingerprint density at radius 3 is 2.33 bits per heavy atom. The van der Waals surface area contributed by atoms with E-state index in [2.05, 4.69) is 0 Å². The molecule has 0 spiro atoms. The Kier molecular flexibility index (Phi) is 4.85. The van der Waals surface area contributed by atoms with Gasteiger partial charge in [-0.05, 0) is 35.4 Å². The summed E-state index contributed by atoms with van der Waals surface area (Å²) >= 11 is 0. The second kappa shape index (κ2) is 7.74. The summed E-state index contributed by atoms with van der Waals surface area (Å²) in [4.78, 5) is 25.4. The van der Waals surface area contributed by atoms with Gasteiger partial charge in [-0.3, -0.25) is 9.59 Å². The molecule has 0 saturated heterocycles. The van der Waals surface area contributed by atoms with Gasteiger partial charge >= 0.3 is 5.97 Å². The lowest BCUT2D eigenvalue weighted by atomic mass is 9.83. The first kappa shape index (κ1) is 20.7. The largest absolute Gasteiger partial charge is 0.508 e. The standard InChI is InChI=1S/C25H20O8/c1-31-18-7-4-13(8-16(18)27)19-10-17(28)24-21(32-19)11-20-23(25(24)30)15(9-22(29)33-20)12-2-5-14(26)6-3-12/h2-8,11,15,19,26-27,30H,9-10H2,1H3. The monoisotopic (exact) mass is 448 g/mol. The average molecular weight is 448 g/mol. The van der Waals surface area contributed by atoms with Crippen molar-refractivity contribution in [3.8, 4) is 34.5 Å². The summed E-state index contributed by atoms with van der Waals surface area (Å²) in [7, 11) is 1.43.